The number of para-hydroxylation sites is 1. The quantitative estimate of drug-likeness (QED) is 0.191. The summed E-state index contributed by atoms with van der Waals surface area (Å²) in [6.07, 6.45) is 0. The predicted molar refractivity (Wildman–Crippen MR) is 211 cm³/mol. The van der Waals surface area contributed by atoms with Gasteiger partial charge in [0.15, 0.2) is 0 Å². The van der Waals surface area contributed by atoms with Crippen molar-refractivity contribution in [3.63, 3.8) is 0 Å². The molecule has 4 aromatic carbocycles. The maximum absolute atomic E-state index is 5.53. The number of nitrogens with zero attached hydrogens (tertiary/aromatic N) is 3. The Morgan fingerprint density at radius 2 is 1.20 bits per heavy atom. The van der Waals surface area contributed by atoms with Crippen molar-refractivity contribution in [2.45, 2.75) is 103 Å². The highest BCUT2D eigenvalue weighted by molar-refractivity contribution is 7.80. The minimum atomic E-state index is -0.276. The molecule has 0 amide bonds. The molecule has 0 saturated carbocycles. The fraction of sp³-hybridized carbons (Fsp3) is 0.333. The summed E-state index contributed by atoms with van der Waals surface area (Å²) in [7, 11) is 0. The maximum Gasteiger partial charge on any atom is 0.142 e. The molecular weight excluding hydrogens is 615 g/mol. The summed E-state index contributed by atoms with van der Waals surface area (Å²) < 4.78 is 2.47. The van der Waals surface area contributed by atoms with E-state index in [0.717, 1.165) is 49.8 Å². The lowest BCUT2D eigenvalue weighted by Gasteiger charge is -2.33. The summed E-state index contributed by atoms with van der Waals surface area (Å²) in [5.41, 5.74) is 14.6. The van der Waals surface area contributed by atoms with Gasteiger partial charge in [0.2, 0.25) is 0 Å². The average molecular weight is 664 g/mol. The second kappa shape index (κ2) is 11.2. The molecule has 0 atom stereocenters. The zero-order valence-corrected chi connectivity index (χ0v) is 31.8. The van der Waals surface area contributed by atoms with Crippen LogP contribution in [0, 0.1) is 0 Å². The first-order chi connectivity index (χ1) is 22.9. The Balaban J connectivity index is 1.47. The molecule has 0 radical (unpaired) electrons. The summed E-state index contributed by atoms with van der Waals surface area (Å²) in [4.78, 5) is 11.8. The monoisotopic (exact) mass is 663 g/mol. The summed E-state index contributed by atoms with van der Waals surface area (Å²) in [5, 5.41) is 0. The van der Waals surface area contributed by atoms with Gasteiger partial charge in [-0.2, -0.15) is 0 Å². The van der Waals surface area contributed by atoms with Crippen molar-refractivity contribution in [1.29, 1.82) is 0 Å². The molecule has 250 valence electrons. The Labute approximate surface area is 298 Å². The largest absolute Gasteiger partial charge is 0.314 e. The van der Waals surface area contributed by atoms with E-state index in [4.69, 9.17) is 22.6 Å². The molecule has 0 aliphatic carbocycles. The van der Waals surface area contributed by atoms with E-state index in [2.05, 4.69) is 172 Å². The van der Waals surface area contributed by atoms with E-state index in [9.17, 15) is 0 Å². The molecule has 0 spiro atoms. The standard InChI is InChI=1S/C45H49N3S/c1-42(2,3)29-23-33-39(34(24-29)44(7,8)9)45(10,11)48-37-19-15-18-31(40(37)47-41(33)48)35-25-30(43(4,5)6)26-36(46-35)32-22-28(20-21-38(32)49)27-16-13-12-14-17-27/h12-26,49H,1-11H3. The van der Waals surface area contributed by atoms with Gasteiger partial charge in [-0.3, -0.25) is 0 Å². The first kappa shape index (κ1) is 33.4. The van der Waals surface area contributed by atoms with Crippen LogP contribution in [0.4, 0.5) is 0 Å². The smallest absolute Gasteiger partial charge is 0.142 e. The first-order valence-corrected chi connectivity index (χ1v) is 17.9. The molecule has 0 N–H and O–H groups in total. The van der Waals surface area contributed by atoms with Crippen molar-refractivity contribution in [3.05, 3.63) is 113 Å². The number of hydrogen-bond donors (Lipinski definition) is 1. The van der Waals surface area contributed by atoms with Gasteiger partial charge in [0, 0.05) is 21.6 Å². The Kier molecular flexibility index (Phi) is 7.61. The number of benzene rings is 4. The van der Waals surface area contributed by atoms with Gasteiger partial charge in [0.25, 0.3) is 0 Å². The second-order valence-electron chi connectivity index (χ2n) is 17.4. The van der Waals surface area contributed by atoms with E-state index < -0.39 is 0 Å². The van der Waals surface area contributed by atoms with Crippen LogP contribution in [0.3, 0.4) is 0 Å². The molecule has 0 unspecified atom stereocenters. The molecule has 49 heavy (non-hydrogen) atoms. The molecule has 0 fully saturated rings. The van der Waals surface area contributed by atoms with Crippen LogP contribution in [0.25, 0.3) is 56.1 Å². The van der Waals surface area contributed by atoms with E-state index >= 15 is 0 Å². The van der Waals surface area contributed by atoms with Crippen LogP contribution in [0.1, 0.15) is 98.4 Å². The van der Waals surface area contributed by atoms with E-state index in [1.54, 1.807) is 0 Å². The highest BCUT2D eigenvalue weighted by atomic mass is 32.1. The molecular formula is C45H49N3S. The summed E-state index contributed by atoms with van der Waals surface area (Å²) >= 11 is 4.94. The van der Waals surface area contributed by atoms with Crippen LogP contribution < -0.4 is 0 Å². The minimum absolute atomic E-state index is 0.00894. The van der Waals surface area contributed by atoms with Gasteiger partial charge in [-0.05, 0) is 99.9 Å². The molecule has 0 bridgehead atoms. The molecule has 0 saturated heterocycles. The average Bonchev–Trinajstić information content (AvgIpc) is 3.53. The fourth-order valence-corrected chi connectivity index (χ4v) is 7.71. The maximum atomic E-state index is 5.53. The summed E-state index contributed by atoms with van der Waals surface area (Å²) in [6.45, 7) is 25.4. The molecule has 1 aliphatic rings. The normalized spacial score (nSPS) is 14.3. The minimum Gasteiger partial charge on any atom is -0.314 e. The predicted octanol–water partition coefficient (Wildman–Crippen LogP) is 12.4. The zero-order valence-electron chi connectivity index (χ0n) is 30.9. The van der Waals surface area contributed by atoms with Crippen molar-refractivity contribution in [2.24, 2.45) is 0 Å². The number of rotatable bonds is 3. The molecule has 3 nitrogen and oxygen atoms in total. The molecule has 1 aliphatic heterocycles. The van der Waals surface area contributed by atoms with Crippen LogP contribution in [0.15, 0.2) is 95.9 Å². The van der Waals surface area contributed by atoms with Crippen molar-refractivity contribution in [1.82, 2.24) is 14.5 Å². The van der Waals surface area contributed by atoms with E-state index in [-0.39, 0.29) is 21.8 Å². The molecule has 3 heterocycles. The Morgan fingerprint density at radius 3 is 1.84 bits per heavy atom. The lowest BCUT2D eigenvalue weighted by Crippen LogP contribution is -2.28. The van der Waals surface area contributed by atoms with Gasteiger partial charge in [0.1, 0.15) is 5.82 Å². The Hall–Kier alpha value is -4.15. The molecule has 6 aromatic rings. The molecule has 7 rings (SSSR count). The van der Waals surface area contributed by atoms with Crippen molar-refractivity contribution >= 4 is 23.7 Å². The van der Waals surface area contributed by atoms with Gasteiger partial charge >= 0.3 is 0 Å². The van der Waals surface area contributed by atoms with Gasteiger partial charge < -0.3 is 4.57 Å². The van der Waals surface area contributed by atoms with Crippen molar-refractivity contribution < 1.29 is 0 Å². The first-order valence-electron chi connectivity index (χ1n) is 17.5. The number of fused-ring (bicyclic) bond motifs is 5. The third kappa shape index (κ3) is 5.62. The summed E-state index contributed by atoms with van der Waals surface area (Å²) in [6, 6.07) is 32.9. The molecule has 2 aromatic heterocycles. The van der Waals surface area contributed by atoms with Crippen LogP contribution in [-0.2, 0) is 21.8 Å². The van der Waals surface area contributed by atoms with E-state index in [1.807, 2.05) is 0 Å². The number of imidazole rings is 1. The Morgan fingerprint density at radius 1 is 0.571 bits per heavy atom. The zero-order chi connectivity index (χ0) is 35.3. The fourth-order valence-electron chi connectivity index (χ4n) is 7.46. The SMILES string of the molecule is CC(C)(C)c1cc(-c2cc(-c3ccccc3)ccc2S)nc(-c2cccc3c2nc2n3C(C)(C)c3c-2cc(C(C)(C)C)cc3C(C)(C)C)c1. The van der Waals surface area contributed by atoms with Crippen molar-refractivity contribution in [2.75, 3.05) is 0 Å². The van der Waals surface area contributed by atoms with Gasteiger partial charge in [-0.15, -0.1) is 12.6 Å². The van der Waals surface area contributed by atoms with Crippen LogP contribution in [-0.4, -0.2) is 14.5 Å². The lowest BCUT2D eigenvalue weighted by atomic mass is 9.74. The second-order valence-corrected chi connectivity index (χ2v) is 17.9. The van der Waals surface area contributed by atoms with Gasteiger partial charge in [-0.1, -0.05) is 117 Å². The van der Waals surface area contributed by atoms with Gasteiger partial charge in [-0.25, -0.2) is 9.97 Å². The molecule has 4 heteroatoms. The van der Waals surface area contributed by atoms with E-state index in [1.165, 1.54) is 33.4 Å². The number of pyridine rings is 1. The lowest BCUT2D eigenvalue weighted by molar-refractivity contribution is 0.455. The highest BCUT2D eigenvalue weighted by Gasteiger charge is 2.42. The van der Waals surface area contributed by atoms with Crippen LogP contribution in [0.2, 0.25) is 0 Å². The van der Waals surface area contributed by atoms with Gasteiger partial charge in [0.05, 0.1) is 28.0 Å². The number of hydrogen-bond acceptors (Lipinski definition) is 3. The topological polar surface area (TPSA) is 30.7 Å². The third-order valence-electron chi connectivity index (χ3n) is 10.3. The number of thiol groups is 1. The van der Waals surface area contributed by atoms with Crippen molar-refractivity contribution in [3.8, 4) is 45.0 Å². The van der Waals surface area contributed by atoms with Crippen LogP contribution in [0.5, 0.6) is 0 Å². The Bertz CT molecular complexity index is 2250. The van der Waals surface area contributed by atoms with E-state index in [0.29, 0.717) is 0 Å². The third-order valence-corrected chi connectivity index (χ3v) is 10.6. The summed E-state index contributed by atoms with van der Waals surface area (Å²) in [5.74, 6) is 1.04. The number of aromatic nitrogens is 3. The highest BCUT2D eigenvalue weighted by Crippen LogP contribution is 2.51. The van der Waals surface area contributed by atoms with Crippen LogP contribution >= 0.6 is 12.6 Å².